The third-order valence-corrected chi connectivity index (χ3v) is 3.99. The lowest BCUT2D eigenvalue weighted by Gasteiger charge is -2.26. The summed E-state index contributed by atoms with van der Waals surface area (Å²) in [6.45, 7) is 3.32. The molecule has 1 N–H and O–H groups in total. The second kappa shape index (κ2) is 10.7. The Bertz CT molecular complexity index is 825. The van der Waals surface area contributed by atoms with Crippen LogP contribution in [0.15, 0.2) is 42.7 Å². The maximum atomic E-state index is 12.5. The minimum atomic E-state index is -0.341. The summed E-state index contributed by atoms with van der Waals surface area (Å²) in [5.74, 6) is -0.501. The average molecular weight is 400 g/mol. The predicted octanol–water partition coefficient (Wildman–Crippen LogP) is 1.45. The Hall–Kier alpha value is -3.49. The molecule has 9 heteroatoms. The summed E-state index contributed by atoms with van der Waals surface area (Å²) in [6.07, 6.45) is 3.05. The molecule has 0 aliphatic rings. The van der Waals surface area contributed by atoms with Crippen LogP contribution in [-0.4, -0.2) is 59.2 Å². The van der Waals surface area contributed by atoms with Crippen molar-refractivity contribution in [3.63, 3.8) is 0 Å². The Kier molecular flexibility index (Phi) is 8.08. The molecule has 1 heterocycles. The lowest BCUT2D eigenvalue weighted by atomic mass is 10.1. The number of esters is 1. The Morgan fingerprint density at radius 1 is 1.10 bits per heavy atom. The lowest BCUT2D eigenvalue weighted by molar-refractivity contribution is -0.139. The van der Waals surface area contributed by atoms with Crippen LogP contribution in [0, 0.1) is 0 Å². The molecule has 9 nitrogen and oxygen atoms in total. The first-order chi connectivity index (χ1) is 13.9. The fourth-order valence-corrected chi connectivity index (χ4v) is 2.45. The number of methoxy groups -OCH3 is 1. The molecular weight excluding hydrogens is 376 g/mol. The van der Waals surface area contributed by atoms with Crippen LogP contribution in [0.1, 0.15) is 19.4 Å². The zero-order valence-corrected chi connectivity index (χ0v) is 16.6. The average Bonchev–Trinajstić information content (AvgIpc) is 2.71. The van der Waals surface area contributed by atoms with E-state index in [0.29, 0.717) is 11.4 Å². The van der Waals surface area contributed by atoms with Crippen LogP contribution in [0.5, 0.6) is 5.75 Å². The van der Waals surface area contributed by atoms with Gasteiger partial charge in [-0.25, -0.2) is 0 Å². The van der Waals surface area contributed by atoms with Gasteiger partial charge in [-0.15, -0.1) is 0 Å². The summed E-state index contributed by atoms with van der Waals surface area (Å²) in [4.78, 5) is 37.5. The van der Waals surface area contributed by atoms with Gasteiger partial charge >= 0.3 is 5.97 Å². The minimum absolute atomic E-state index is 0.111. The highest BCUT2D eigenvalue weighted by Crippen LogP contribution is 2.13. The summed E-state index contributed by atoms with van der Waals surface area (Å²) in [6, 6.07) is 8.23. The molecule has 29 heavy (non-hydrogen) atoms. The Labute approximate surface area is 169 Å². The number of rotatable bonds is 9. The number of hydrogen-bond donors (Lipinski definition) is 1. The van der Waals surface area contributed by atoms with Crippen molar-refractivity contribution in [3.8, 4) is 5.75 Å². The summed E-state index contributed by atoms with van der Waals surface area (Å²) in [5, 5.41) is 10.00. The van der Waals surface area contributed by atoms with Gasteiger partial charge in [0, 0.05) is 6.04 Å². The molecule has 0 saturated carbocycles. The molecule has 0 saturated heterocycles. The van der Waals surface area contributed by atoms with E-state index in [1.807, 2.05) is 13.8 Å². The molecule has 154 valence electrons. The summed E-state index contributed by atoms with van der Waals surface area (Å²) in [5.41, 5.74) is 1.28. The van der Waals surface area contributed by atoms with Crippen LogP contribution in [0.2, 0.25) is 0 Å². The van der Waals surface area contributed by atoms with Crippen molar-refractivity contribution in [2.45, 2.75) is 26.3 Å². The molecule has 0 radical (unpaired) electrons. The third-order valence-electron chi connectivity index (χ3n) is 3.99. The first-order valence-corrected chi connectivity index (χ1v) is 9.03. The molecule has 0 fully saturated rings. The molecule has 0 unspecified atom stereocenters. The van der Waals surface area contributed by atoms with Gasteiger partial charge in [0.2, 0.25) is 5.91 Å². The number of nitrogens with zero attached hydrogens (tertiary/aromatic N) is 3. The van der Waals surface area contributed by atoms with Crippen molar-refractivity contribution in [2.75, 3.05) is 25.6 Å². The Morgan fingerprint density at radius 3 is 2.41 bits per heavy atom. The van der Waals surface area contributed by atoms with E-state index < -0.39 is 0 Å². The number of carbonyl (C=O) groups is 3. The third kappa shape index (κ3) is 7.21. The predicted molar refractivity (Wildman–Crippen MR) is 105 cm³/mol. The Balaban J connectivity index is 1.88. The number of benzene rings is 1. The molecule has 2 aromatic rings. The molecule has 1 aromatic carbocycles. The van der Waals surface area contributed by atoms with Gasteiger partial charge in [-0.3, -0.25) is 14.4 Å². The first kappa shape index (κ1) is 21.8. The van der Waals surface area contributed by atoms with Crippen molar-refractivity contribution < 1.29 is 23.9 Å². The van der Waals surface area contributed by atoms with Crippen LogP contribution in [-0.2, 0) is 25.5 Å². The largest absolute Gasteiger partial charge is 0.484 e. The number of anilines is 1. The number of carbonyl (C=O) groups excluding carboxylic acids is 3. The second-order valence-corrected chi connectivity index (χ2v) is 6.48. The van der Waals surface area contributed by atoms with E-state index in [2.05, 4.69) is 20.3 Å². The van der Waals surface area contributed by atoms with Crippen LogP contribution in [0.3, 0.4) is 0 Å². The normalized spacial score (nSPS) is 10.3. The van der Waals surface area contributed by atoms with Gasteiger partial charge in [0.25, 0.3) is 5.91 Å². The Morgan fingerprint density at radius 2 is 1.83 bits per heavy atom. The molecule has 0 aliphatic carbocycles. The van der Waals surface area contributed by atoms with Crippen molar-refractivity contribution in [1.82, 2.24) is 15.1 Å². The van der Waals surface area contributed by atoms with E-state index in [-0.39, 0.29) is 43.4 Å². The fourth-order valence-electron chi connectivity index (χ4n) is 2.45. The SMILES string of the molecule is COC(=O)Cc1ccc(OCC(=O)N(CC(=O)Nc2ccnnc2)C(C)C)cc1. The van der Waals surface area contributed by atoms with Gasteiger partial charge in [0.15, 0.2) is 6.61 Å². The summed E-state index contributed by atoms with van der Waals surface area (Å²) >= 11 is 0. The highest BCUT2D eigenvalue weighted by molar-refractivity contribution is 5.94. The van der Waals surface area contributed by atoms with Crippen molar-refractivity contribution in [2.24, 2.45) is 0 Å². The molecule has 0 atom stereocenters. The smallest absolute Gasteiger partial charge is 0.309 e. The summed E-state index contributed by atoms with van der Waals surface area (Å²) in [7, 11) is 1.33. The number of hydrogen-bond acceptors (Lipinski definition) is 7. The minimum Gasteiger partial charge on any atom is -0.484 e. The van der Waals surface area contributed by atoms with E-state index in [4.69, 9.17) is 4.74 Å². The standard InChI is InChI=1S/C20H24N4O5/c1-14(2)24(12-18(25)23-16-8-9-21-22-11-16)19(26)13-29-17-6-4-15(5-7-17)10-20(27)28-3/h4-9,11,14H,10,12-13H2,1-3H3,(H,21,23,25). The van der Waals surface area contributed by atoms with Crippen LogP contribution >= 0.6 is 0 Å². The topological polar surface area (TPSA) is 111 Å². The van der Waals surface area contributed by atoms with Gasteiger partial charge in [-0.1, -0.05) is 12.1 Å². The summed E-state index contributed by atoms with van der Waals surface area (Å²) < 4.78 is 10.1. The van der Waals surface area contributed by atoms with Gasteiger partial charge in [-0.05, 0) is 37.6 Å². The second-order valence-electron chi connectivity index (χ2n) is 6.48. The number of aromatic nitrogens is 2. The molecule has 2 rings (SSSR count). The van der Waals surface area contributed by atoms with Crippen molar-refractivity contribution in [1.29, 1.82) is 0 Å². The first-order valence-electron chi connectivity index (χ1n) is 9.03. The maximum absolute atomic E-state index is 12.5. The maximum Gasteiger partial charge on any atom is 0.309 e. The van der Waals surface area contributed by atoms with Crippen molar-refractivity contribution >= 4 is 23.5 Å². The molecular formula is C20H24N4O5. The van der Waals surface area contributed by atoms with Gasteiger partial charge in [0.05, 0.1) is 31.6 Å². The quantitative estimate of drug-likeness (QED) is 0.634. The van der Waals surface area contributed by atoms with Crippen molar-refractivity contribution in [3.05, 3.63) is 48.3 Å². The molecule has 0 bridgehead atoms. The van der Waals surface area contributed by atoms with Crippen LogP contribution in [0.4, 0.5) is 5.69 Å². The highest BCUT2D eigenvalue weighted by Gasteiger charge is 2.21. The van der Waals surface area contributed by atoms with Crippen LogP contribution in [0.25, 0.3) is 0 Å². The lowest BCUT2D eigenvalue weighted by Crippen LogP contribution is -2.44. The zero-order chi connectivity index (χ0) is 21.2. The molecule has 2 amide bonds. The molecule has 0 spiro atoms. The molecule has 1 aromatic heterocycles. The number of amides is 2. The number of ether oxygens (including phenoxy) is 2. The van der Waals surface area contributed by atoms with Crippen LogP contribution < -0.4 is 10.1 Å². The van der Waals surface area contributed by atoms with E-state index in [0.717, 1.165) is 5.56 Å². The fraction of sp³-hybridized carbons (Fsp3) is 0.350. The highest BCUT2D eigenvalue weighted by atomic mass is 16.5. The van der Waals surface area contributed by atoms with Gasteiger partial charge in [-0.2, -0.15) is 10.2 Å². The van der Waals surface area contributed by atoms with E-state index >= 15 is 0 Å². The van der Waals surface area contributed by atoms with E-state index in [1.54, 1.807) is 30.3 Å². The zero-order valence-electron chi connectivity index (χ0n) is 16.6. The monoisotopic (exact) mass is 400 g/mol. The van der Waals surface area contributed by atoms with Gasteiger partial charge in [0.1, 0.15) is 12.3 Å². The number of nitrogens with one attached hydrogen (secondary N) is 1. The van der Waals surface area contributed by atoms with Gasteiger partial charge < -0.3 is 19.7 Å². The van der Waals surface area contributed by atoms with E-state index in [9.17, 15) is 14.4 Å². The van der Waals surface area contributed by atoms with E-state index in [1.165, 1.54) is 24.4 Å². The molecule has 0 aliphatic heterocycles.